The fourth-order valence-corrected chi connectivity index (χ4v) is 5.42. The van der Waals surface area contributed by atoms with Crippen molar-refractivity contribution in [1.29, 1.82) is 0 Å². The van der Waals surface area contributed by atoms with Crippen molar-refractivity contribution in [3.63, 3.8) is 0 Å². The third-order valence-corrected chi connectivity index (χ3v) is 7.23. The van der Waals surface area contributed by atoms with Gasteiger partial charge in [0.1, 0.15) is 5.60 Å². The molecule has 3 aromatic rings. The normalized spacial score (nSPS) is 16.0. The van der Waals surface area contributed by atoms with Gasteiger partial charge in [-0.05, 0) is 63.8 Å². The van der Waals surface area contributed by atoms with Crippen LogP contribution in [0.2, 0.25) is 0 Å². The standard InChI is InChI=1S/C28H39N5O4/c1-17(2)24-21(22-9-10-29-30(22)8)16-33-23(24)15-20(26(34)35)18(3)25(33)19(4)31-11-13-32(14-12-31)27(36)37-28(5,6)7/h9-10,15-17,19H,11-14H2,1-8H3,(H,34,35). The first-order chi connectivity index (χ1) is 17.3. The molecular weight excluding hydrogens is 470 g/mol. The summed E-state index contributed by atoms with van der Waals surface area (Å²) in [5.41, 5.74) is 5.55. The van der Waals surface area contributed by atoms with Crippen molar-refractivity contribution >= 4 is 17.6 Å². The molecule has 1 N–H and O–H groups in total. The lowest BCUT2D eigenvalue weighted by Crippen LogP contribution is -2.50. The lowest BCUT2D eigenvalue weighted by Gasteiger charge is -2.39. The highest BCUT2D eigenvalue weighted by Crippen LogP contribution is 2.38. The summed E-state index contributed by atoms with van der Waals surface area (Å²) in [6.07, 6.45) is 3.62. The molecule has 200 valence electrons. The number of fused-ring (bicyclic) bond motifs is 1. The SMILES string of the molecule is Cc1c(C(=O)O)cc2c(C(C)C)c(-c3ccnn3C)cn2c1C(C)N1CCN(C(=O)OC(C)(C)C)CC1. The van der Waals surface area contributed by atoms with Crippen LogP contribution in [0.1, 0.15) is 80.7 Å². The quantitative estimate of drug-likeness (QED) is 0.515. The van der Waals surface area contributed by atoms with Crippen molar-refractivity contribution in [3.8, 4) is 11.3 Å². The van der Waals surface area contributed by atoms with Crippen LogP contribution in [0.25, 0.3) is 16.8 Å². The first-order valence-corrected chi connectivity index (χ1v) is 12.9. The topological polar surface area (TPSA) is 92.3 Å². The van der Waals surface area contributed by atoms with Crippen molar-refractivity contribution < 1.29 is 19.4 Å². The maximum Gasteiger partial charge on any atom is 0.410 e. The van der Waals surface area contributed by atoms with E-state index < -0.39 is 11.6 Å². The third-order valence-electron chi connectivity index (χ3n) is 7.23. The highest BCUT2D eigenvalue weighted by molar-refractivity contribution is 5.92. The molecule has 9 heteroatoms. The van der Waals surface area contributed by atoms with Gasteiger partial charge in [-0.3, -0.25) is 9.58 Å². The maximum atomic E-state index is 12.6. The third kappa shape index (κ3) is 5.09. The highest BCUT2D eigenvalue weighted by Gasteiger charge is 2.31. The Bertz CT molecular complexity index is 1320. The van der Waals surface area contributed by atoms with Gasteiger partial charge >= 0.3 is 12.1 Å². The Morgan fingerprint density at radius 2 is 1.76 bits per heavy atom. The Labute approximate surface area is 218 Å². The molecule has 1 aliphatic rings. The molecule has 0 bridgehead atoms. The van der Waals surface area contributed by atoms with Gasteiger partial charge in [0, 0.05) is 62.9 Å². The number of ether oxygens (including phenoxy) is 1. The molecule has 0 aromatic carbocycles. The molecule has 3 aromatic heterocycles. The van der Waals surface area contributed by atoms with Crippen molar-refractivity contribution in [2.75, 3.05) is 26.2 Å². The second-order valence-electron chi connectivity index (χ2n) is 11.3. The molecule has 0 aliphatic carbocycles. The molecule has 1 saturated heterocycles. The molecule has 1 atom stereocenters. The van der Waals surface area contributed by atoms with E-state index in [1.54, 1.807) is 11.1 Å². The molecule has 0 saturated carbocycles. The second kappa shape index (κ2) is 9.85. The molecule has 37 heavy (non-hydrogen) atoms. The first-order valence-electron chi connectivity index (χ1n) is 12.9. The van der Waals surface area contributed by atoms with E-state index >= 15 is 0 Å². The van der Waals surface area contributed by atoms with E-state index in [4.69, 9.17) is 4.74 Å². The lowest BCUT2D eigenvalue weighted by molar-refractivity contribution is 0.0107. The van der Waals surface area contributed by atoms with Crippen LogP contribution < -0.4 is 0 Å². The fraction of sp³-hybridized carbons (Fsp3) is 0.536. The number of amides is 1. The van der Waals surface area contributed by atoms with Crippen LogP contribution in [0.5, 0.6) is 0 Å². The van der Waals surface area contributed by atoms with Crippen molar-refractivity contribution in [3.05, 3.63) is 46.9 Å². The van der Waals surface area contributed by atoms with E-state index in [1.165, 1.54) is 0 Å². The smallest absolute Gasteiger partial charge is 0.410 e. The van der Waals surface area contributed by atoms with Gasteiger partial charge in [0.15, 0.2) is 0 Å². The number of carboxylic acids is 1. The van der Waals surface area contributed by atoms with E-state index in [1.807, 2.05) is 51.6 Å². The zero-order valence-corrected chi connectivity index (χ0v) is 23.2. The highest BCUT2D eigenvalue weighted by atomic mass is 16.6. The number of carboxylic acid groups (broad SMARTS) is 1. The average molecular weight is 510 g/mol. The summed E-state index contributed by atoms with van der Waals surface area (Å²) in [7, 11) is 1.92. The van der Waals surface area contributed by atoms with Gasteiger partial charge in [0.2, 0.25) is 0 Å². The van der Waals surface area contributed by atoms with Crippen molar-refractivity contribution in [2.45, 2.75) is 66.0 Å². The van der Waals surface area contributed by atoms with Crippen LogP contribution >= 0.6 is 0 Å². The van der Waals surface area contributed by atoms with Crippen LogP contribution in [0.4, 0.5) is 4.79 Å². The van der Waals surface area contributed by atoms with Crippen LogP contribution in [0, 0.1) is 6.92 Å². The molecule has 1 amide bonds. The van der Waals surface area contributed by atoms with Gasteiger partial charge in [-0.25, -0.2) is 9.59 Å². The molecule has 1 fully saturated rings. The Morgan fingerprint density at radius 3 is 2.27 bits per heavy atom. The summed E-state index contributed by atoms with van der Waals surface area (Å²) in [5.74, 6) is -0.749. The Morgan fingerprint density at radius 1 is 1.11 bits per heavy atom. The summed E-state index contributed by atoms with van der Waals surface area (Å²) >= 11 is 0. The fourth-order valence-electron chi connectivity index (χ4n) is 5.42. The van der Waals surface area contributed by atoms with Crippen LogP contribution in [0.3, 0.4) is 0 Å². The number of hydrogen-bond acceptors (Lipinski definition) is 5. The van der Waals surface area contributed by atoms with Gasteiger partial charge in [0.25, 0.3) is 0 Å². The summed E-state index contributed by atoms with van der Waals surface area (Å²) in [6, 6.07) is 3.74. The zero-order chi connectivity index (χ0) is 27.2. The molecular formula is C28H39N5O4. The molecule has 9 nitrogen and oxygen atoms in total. The van der Waals surface area contributed by atoms with Crippen LogP contribution in [0.15, 0.2) is 24.5 Å². The summed E-state index contributed by atoms with van der Waals surface area (Å²) in [5, 5.41) is 14.5. The van der Waals surface area contributed by atoms with Crippen molar-refractivity contribution in [1.82, 2.24) is 24.0 Å². The number of piperazine rings is 1. The molecule has 0 radical (unpaired) electrons. The van der Waals surface area contributed by atoms with Crippen molar-refractivity contribution in [2.24, 2.45) is 7.05 Å². The number of aromatic nitrogens is 3. The van der Waals surface area contributed by atoms with Gasteiger partial charge < -0.3 is 19.1 Å². The summed E-state index contributed by atoms with van der Waals surface area (Å²) < 4.78 is 9.57. The Hall–Kier alpha value is -3.33. The van der Waals surface area contributed by atoms with E-state index in [9.17, 15) is 14.7 Å². The zero-order valence-electron chi connectivity index (χ0n) is 23.2. The van der Waals surface area contributed by atoms with E-state index in [0.29, 0.717) is 31.7 Å². The average Bonchev–Trinajstić information content (AvgIpc) is 3.39. The number of pyridine rings is 1. The van der Waals surface area contributed by atoms with Crippen LogP contribution in [-0.2, 0) is 11.8 Å². The second-order valence-corrected chi connectivity index (χ2v) is 11.3. The van der Waals surface area contributed by atoms with E-state index in [-0.39, 0.29) is 18.1 Å². The van der Waals surface area contributed by atoms with Crippen LogP contribution in [-0.4, -0.2) is 72.9 Å². The van der Waals surface area contributed by atoms with Gasteiger partial charge in [-0.15, -0.1) is 0 Å². The number of aromatic carboxylic acids is 1. The Balaban J connectivity index is 1.76. The minimum atomic E-state index is -0.929. The van der Waals surface area contributed by atoms with E-state index in [0.717, 1.165) is 33.6 Å². The Kier molecular flexibility index (Phi) is 7.12. The molecule has 4 heterocycles. The van der Waals surface area contributed by atoms with E-state index in [2.05, 4.69) is 41.4 Å². The minimum Gasteiger partial charge on any atom is -0.478 e. The number of carbonyl (C=O) groups is 2. The monoisotopic (exact) mass is 509 g/mol. The van der Waals surface area contributed by atoms with Gasteiger partial charge in [-0.2, -0.15) is 5.10 Å². The molecule has 0 spiro atoms. The lowest BCUT2D eigenvalue weighted by atomic mass is 9.96. The maximum absolute atomic E-state index is 12.6. The van der Waals surface area contributed by atoms with Gasteiger partial charge in [0.05, 0.1) is 16.8 Å². The number of aryl methyl sites for hydroxylation is 1. The largest absolute Gasteiger partial charge is 0.478 e. The summed E-state index contributed by atoms with van der Waals surface area (Å²) in [4.78, 5) is 28.9. The summed E-state index contributed by atoms with van der Waals surface area (Å²) in [6.45, 7) is 16.4. The first kappa shape index (κ1) is 26.7. The number of rotatable bonds is 5. The number of carbonyl (C=O) groups excluding carboxylic acids is 1. The molecule has 1 aliphatic heterocycles. The number of hydrogen-bond donors (Lipinski definition) is 1. The predicted octanol–water partition coefficient (Wildman–Crippen LogP) is 5.08. The number of nitrogens with zero attached hydrogens (tertiary/aromatic N) is 5. The van der Waals surface area contributed by atoms with Gasteiger partial charge in [-0.1, -0.05) is 13.8 Å². The minimum absolute atomic E-state index is 0.0608. The predicted molar refractivity (Wildman–Crippen MR) is 143 cm³/mol. The molecule has 4 rings (SSSR count). The molecule has 1 unspecified atom stereocenters.